The first kappa shape index (κ1) is 26.1. The van der Waals surface area contributed by atoms with Gasteiger partial charge in [-0.25, -0.2) is 9.97 Å². The van der Waals surface area contributed by atoms with Crippen LogP contribution < -0.4 is 14.2 Å². The summed E-state index contributed by atoms with van der Waals surface area (Å²) in [6.07, 6.45) is 3.93. The lowest BCUT2D eigenvalue weighted by Crippen LogP contribution is -2.10. The molecule has 6 heteroatoms. The van der Waals surface area contributed by atoms with E-state index in [0.29, 0.717) is 47.9 Å². The number of carbonyl (C=O) groups excluding carboxylic acids is 1. The molecular formula is C31H34N2O4. The van der Waals surface area contributed by atoms with E-state index in [0.717, 1.165) is 17.4 Å². The molecule has 0 amide bonds. The Morgan fingerprint density at radius 1 is 0.811 bits per heavy atom. The molecule has 0 fully saturated rings. The number of ketones is 1. The van der Waals surface area contributed by atoms with E-state index in [1.165, 1.54) is 17.5 Å². The van der Waals surface area contributed by atoms with E-state index in [-0.39, 0.29) is 11.2 Å². The summed E-state index contributed by atoms with van der Waals surface area (Å²) < 4.78 is 16.9. The number of nitrogens with zero attached hydrogens (tertiary/aromatic N) is 2. The molecule has 6 nitrogen and oxygen atoms in total. The second-order valence-electron chi connectivity index (χ2n) is 10.1. The third-order valence-corrected chi connectivity index (χ3v) is 6.42. The zero-order valence-corrected chi connectivity index (χ0v) is 22.2. The highest BCUT2D eigenvalue weighted by molar-refractivity contribution is 5.87. The van der Waals surface area contributed by atoms with Crippen molar-refractivity contribution in [2.24, 2.45) is 0 Å². The quantitative estimate of drug-likeness (QED) is 0.238. The molecule has 0 spiro atoms. The van der Waals surface area contributed by atoms with Crippen LogP contribution in [0, 0.1) is 0 Å². The number of hydrogen-bond acceptors (Lipinski definition) is 6. The fourth-order valence-electron chi connectivity index (χ4n) is 4.18. The Hall–Kier alpha value is -3.93. The van der Waals surface area contributed by atoms with Crippen molar-refractivity contribution in [1.82, 2.24) is 9.97 Å². The molecule has 0 bridgehead atoms. The summed E-state index contributed by atoms with van der Waals surface area (Å²) in [7, 11) is 3.17. The average Bonchev–Trinajstić information content (AvgIpc) is 2.90. The maximum absolute atomic E-state index is 12.6. The number of carbonyl (C=O) groups is 1. The van der Waals surface area contributed by atoms with Gasteiger partial charge in [-0.1, -0.05) is 57.2 Å². The van der Waals surface area contributed by atoms with Crippen LogP contribution in [0.1, 0.15) is 50.3 Å². The summed E-state index contributed by atoms with van der Waals surface area (Å²) in [5.74, 6) is 2.50. The molecule has 0 atom stereocenters. The van der Waals surface area contributed by atoms with E-state index in [4.69, 9.17) is 14.2 Å². The van der Waals surface area contributed by atoms with Crippen molar-refractivity contribution in [3.63, 3.8) is 0 Å². The molecule has 0 saturated heterocycles. The molecule has 0 aliphatic rings. The third-order valence-electron chi connectivity index (χ3n) is 6.42. The first-order chi connectivity index (χ1) is 17.8. The summed E-state index contributed by atoms with van der Waals surface area (Å²) in [4.78, 5) is 21.2. The summed E-state index contributed by atoms with van der Waals surface area (Å²) in [6.45, 7) is 6.61. The first-order valence-electron chi connectivity index (χ1n) is 12.5. The number of aryl methyl sites for hydroxylation is 2. The lowest BCUT2D eigenvalue weighted by atomic mass is 9.86. The highest BCUT2D eigenvalue weighted by Gasteiger charge is 2.14. The SMILES string of the molecule is COc1cc2ncnc(Oc3cccc(CCC(=O)CCc4ccc(C(C)(C)C)cc4)c3)c2cc1OC. The van der Waals surface area contributed by atoms with Gasteiger partial charge < -0.3 is 14.2 Å². The van der Waals surface area contributed by atoms with Gasteiger partial charge in [0.25, 0.3) is 0 Å². The predicted octanol–water partition coefficient (Wildman–Crippen LogP) is 6.87. The van der Waals surface area contributed by atoms with Gasteiger partial charge in [0.1, 0.15) is 17.9 Å². The molecular weight excluding hydrogens is 464 g/mol. The molecule has 1 heterocycles. The molecule has 37 heavy (non-hydrogen) atoms. The Labute approximate surface area is 218 Å². The highest BCUT2D eigenvalue weighted by Crippen LogP contribution is 2.35. The fourth-order valence-corrected chi connectivity index (χ4v) is 4.18. The monoisotopic (exact) mass is 498 g/mol. The third kappa shape index (κ3) is 6.64. The number of fused-ring (bicyclic) bond motifs is 1. The zero-order chi connectivity index (χ0) is 26.4. The van der Waals surface area contributed by atoms with Gasteiger partial charge in [0.05, 0.1) is 25.1 Å². The van der Waals surface area contributed by atoms with Gasteiger partial charge in [-0.3, -0.25) is 4.79 Å². The predicted molar refractivity (Wildman–Crippen MR) is 146 cm³/mol. The largest absolute Gasteiger partial charge is 0.493 e. The van der Waals surface area contributed by atoms with Crippen molar-refractivity contribution in [1.29, 1.82) is 0 Å². The van der Waals surface area contributed by atoms with Gasteiger partial charge in [0, 0.05) is 18.9 Å². The number of hydrogen-bond donors (Lipinski definition) is 0. The zero-order valence-electron chi connectivity index (χ0n) is 22.2. The van der Waals surface area contributed by atoms with Crippen LogP contribution in [-0.2, 0) is 23.1 Å². The smallest absolute Gasteiger partial charge is 0.230 e. The number of ether oxygens (including phenoxy) is 3. The minimum Gasteiger partial charge on any atom is -0.493 e. The molecule has 0 aliphatic carbocycles. The van der Waals surface area contributed by atoms with Crippen molar-refractivity contribution < 1.29 is 19.0 Å². The van der Waals surface area contributed by atoms with Crippen LogP contribution in [0.25, 0.3) is 10.9 Å². The second kappa shape index (κ2) is 11.4. The van der Waals surface area contributed by atoms with E-state index in [9.17, 15) is 4.79 Å². The lowest BCUT2D eigenvalue weighted by Gasteiger charge is -2.19. The van der Waals surface area contributed by atoms with Crippen LogP contribution in [0.3, 0.4) is 0 Å². The van der Waals surface area contributed by atoms with Gasteiger partial charge in [-0.15, -0.1) is 0 Å². The van der Waals surface area contributed by atoms with Crippen molar-refractivity contribution in [3.05, 3.63) is 83.7 Å². The number of aromatic nitrogens is 2. The summed E-state index contributed by atoms with van der Waals surface area (Å²) in [6, 6.07) is 20.0. The molecule has 0 N–H and O–H groups in total. The van der Waals surface area contributed by atoms with E-state index < -0.39 is 0 Å². The van der Waals surface area contributed by atoms with E-state index in [1.54, 1.807) is 20.3 Å². The molecule has 4 aromatic rings. The Morgan fingerprint density at radius 3 is 2.16 bits per heavy atom. The molecule has 1 aromatic heterocycles. The van der Waals surface area contributed by atoms with Crippen LogP contribution >= 0.6 is 0 Å². The van der Waals surface area contributed by atoms with Crippen molar-refractivity contribution in [3.8, 4) is 23.1 Å². The van der Waals surface area contributed by atoms with Gasteiger partial charge in [0.2, 0.25) is 5.88 Å². The molecule has 4 rings (SSSR count). The molecule has 0 radical (unpaired) electrons. The Kier molecular flexibility index (Phi) is 8.07. The summed E-state index contributed by atoms with van der Waals surface area (Å²) >= 11 is 0. The Morgan fingerprint density at radius 2 is 1.49 bits per heavy atom. The van der Waals surface area contributed by atoms with Crippen LogP contribution in [0.15, 0.2) is 67.0 Å². The van der Waals surface area contributed by atoms with Crippen molar-refractivity contribution >= 4 is 16.7 Å². The van der Waals surface area contributed by atoms with Crippen LogP contribution in [0.5, 0.6) is 23.1 Å². The maximum atomic E-state index is 12.6. The van der Waals surface area contributed by atoms with E-state index >= 15 is 0 Å². The molecule has 3 aromatic carbocycles. The standard InChI is InChI=1S/C31H34N2O4/c1-31(2,3)23-13-9-21(10-14-23)11-15-24(34)16-12-22-7-6-8-25(17-22)37-30-26-18-28(35-4)29(36-5)19-27(26)32-20-33-30/h6-10,13-14,17-20H,11-12,15-16H2,1-5H3. The molecule has 0 saturated carbocycles. The molecule has 0 unspecified atom stereocenters. The topological polar surface area (TPSA) is 70.5 Å². The fraction of sp³-hybridized carbons (Fsp3) is 0.323. The Balaban J connectivity index is 1.37. The van der Waals surface area contributed by atoms with Gasteiger partial charge in [0.15, 0.2) is 11.5 Å². The summed E-state index contributed by atoms with van der Waals surface area (Å²) in [5, 5.41) is 0.719. The van der Waals surface area contributed by atoms with Crippen LogP contribution in [-0.4, -0.2) is 30.0 Å². The molecule has 192 valence electrons. The number of Topliss-reactive ketones (excluding diaryl/α,β-unsaturated/α-hetero) is 1. The van der Waals surface area contributed by atoms with Crippen LogP contribution in [0.4, 0.5) is 0 Å². The van der Waals surface area contributed by atoms with E-state index in [1.807, 2.05) is 30.3 Å². The van der Waals surface area contributed by atoms with Crippen molar-refractivity contribution in [2.75, 3.05) is 14.2 Å². The lowest BCUT2D eigenvalue weighted by molar-refractivity contribution is -0.119. The highest BCUT2D eigenvalue weighted by atomic mass is 16.5. The molecule has 0 aliphatic heterocycles. The second-order valence-corrected chi connectivity index (χ2v) is 10.1. The van der Waals surface area contributed by atoms with Gasteiger partial charge >= 0.3 is 0 Å². The minimum absolute atomic E-state index is 0.133. The number of rotatable bonds is 10. The van der Waals surface area contributed by atoms with Gasteiger partial charge in [-0.2, -0.15) is 0 Å². The maximum Gasteiger partial charge on any atom is 0.230 e. The van der Waals surface area contributed by atoms with Crippen molar-refractivity contribution in [2.45, 2.75) is 51.9 Å². The summed E-state index contributed by atoms with van der Waals surface area (Å²) in [5.41, 5.74) is 4.37. The van der Waals surface area contributed by atoms with Crippen LogP contribution in [0.2, 0.25) is 0 Å². The minimum atomic E-state index is 0.133. The average molecular weight is 499 g/mol. The number of methoxy groups -OCH3 is 2. The number of benzene rings is 3. The van der Waals surface area contributed by atoms with Gasteiger partial charge in [-0.05, 0) is 53.1 Å². The first-order valence-corrected chi connectivity index (χ1v) is 12.5. The Bertz CT molecular complexity index is 1370. The normalized spacial score (nSPS) is 11.4. The van der Waals surface area contributed by atoms with E-state index in [2.05, 4.69) is 55.0 Å².